The summed E-state index contributed by atoms with van der Waals surface area (Å²) in [5.41, 5.74) is 2.73. The molecule has 1 aromatic carbocycles. The first-order chi connectivity index (χ1) is 9.58. The van der Waals surface area contributed by atoms with Gasteiger partial charge in [0, 0.05) is 0 Å². The van der Waals surface area contributed by atoms with Crippen molar-refractivity contribution in [1.29, 1.82) is 0 Å². The molecule has 1 saturated heterocycles. The fourth-order valence-corrected chi connectivity index (χ4v) is 3.62. The summed E-state index contributed by atoms with van der Waals surface area (Å²) in [5, 5.41) is 6.65. The molecule has 3 rings (SSSR count). The van der Waals surface area contributed by atoms with Gasteiger partial charge in [-0.05, 0) is 48.8 Å². The van der Waals surface area contributed by atoms with Crippen LogP contribution >= 0.6 is 0 Å². The molecule has 108 valence electrons. The van der Waals surface area contributed by atoms with Crippen molar-refractivity contribution in [2.24, 2.45) is 5.41 Å². The standard InChI is InChI=1S/C17H24N2O/c1-17(2)10-5-11-18-15(17)16(20)19-14-9-8-12-6-3-4-7-13(12)14/h3-4,6-7,14-15,18H,5,8-11H2,1-2H3,(H,19,20). The second kappa shape index (κ2) is 5.21. The maximum absolute atomic E-state index is 12.6. The summed E-state index contributed by atoms with van der Waals surface area (Å²) >= 11 is 0. The molecule has 1 aliphatic heterocycles. The molecule has 2 N–H and O–H groups in total. The third-order valence-electron chi connectivity index (χ3n) is 4.84. The summed E-state index contributed by atoms with van der Waals surface area (Å²) in [6, 6.07) is 8.58. The van der Waals surface area contributed by atoms with Crippen LogP contribution in [0.2, 0.25) is 0 Å². The van der Waals surface area contributed by atoms with Crippen molar-refractivity contribution in [3.63, 3.8) is 0 Å². The first kappa shape index (κ1) is 13.6. The number of aryl methyl sites for hydroxylation is 1. The third kappa shape index (κ3) is 2.47. The number of fused-ring (bicyclic) bond motifs is 1. The molecule has 20 heavy (non-hydrogen) atoms. The Bertz CT molecular complexity index is 509. The van der Waals surface area contributed by atoms with Crippen molar-refractivity contribution < 1.29 is 4.79 Å². The molecular weight excluding hydrogens is 248 g/mol. The Labute approximate surface area is 121 Å². The molecule has 3 heteroatoms. The molecule has 0 aromatic heterocycles. The molecule has 0 spiro atoms. The highest BCUT2D eigenvalue weighted by Gasteiger charge is 2.38. The number of hydrogen-bond donors (Lipinski definition) is 2. The van der Waals surface area contributed by atoms with Crippen LogP contribution in [0, 0.1) is 5.41 Å². The van der Waals surface area contributed by atoms with Gasteiger partial charge in [0.05, 0.1) is 12.1 Å². The first-order valence-corrected chi connectivity index (χ1v) is 7.69. The van der Waals surface area contributed by atoms with Crippen LogP contribution in [0.5, 0.6) is 0 Å². The number of benzene rings is 1. The van der Waals surface area contributed by atoms with E-state index in [-0.39, 0.29) is 23.4 Å². The maximum atomic E-state index is 12.6. The van der Waals surface area contributed by atoms with Crippen LogP contribution in [-0.2, 0) is 11.2 Å². The van der Waals surface area contributed by atoms with Gasteiger partial charge < -0.3 is 10.6 Å². The zero-order chi connectivity index (χ0) is 14.2. The Morgan fingerprint density at radius 1 is 1.35 bits per heavy atom. The highest BCUT2D eigenvalue weighted by Crippen LogP contribution is 2.33. The highest BCUT2D eigenvalue weighted by atomic mass is 16.2. The van der Waals surface area contributed by atoms with Gasteiger partial charge in [0.2, 0.25) is 5.91 Å². The average Bonchev–Trinajstić information content (AvgIpc) is 2.81. The molecule has 1 heterocycles. The fourth-order valence-electron chi connectivity index (χ4n) is 3.62. The minimum Gasteiger partial charge on any atom is -0.348 e. The molecule has 2 atom stereocenters. The Balaban J connectivity index is 1.71. The molecule has 1 fully saturated rings. The largest absolute Gasteiger partial charge is 0.348 e. The van der Waals surface area contributed by atoms with Crippen molar-refractivity contribution in [3.8, 4) is 0 Å². The minimum atomic E-state index is -0.0657. The third-order valence-corrected chi connectivity index (χ3v) is 4.84. The SMILES string of the molecule is CC1(C)CCCNC1C(=O)NC1CCc2ccccc21. The summed E-state index contributed by atoms with van der Waals surface area (Å²) in [5.74, 6) is 0.163. The Hall–Kier alpha value is -1.35. The van der Waals surface area contributed by atoms with Crippen LogP contribution in [0.15, 0.2) is 24.3 Å². The molecule has 2 unspecified atom stereocenters. The Kier molecular flexibility index (Phi) is 3.55. The summed E-state index contributed by atoms with van der Waals surface area (Å²) in [4.78, 5) is 12.6. The van der Waals surface area contributed by atoms with Crippen LogP contribution in [0.25, 0.3) is 0 Å². The molecule has 0 bridgehead atoms. The predicted octanol–water partition coefficient (Wildman–Crippen LogP) is 2.57. The summed E-state index contributed by atoms with van der Waals surface area (Å²) < 4.78 is 0. The molecule has 1 amide bonds. The number of piperidine rings is 1. The minimum absolute atomic E-state index is 0.0421. The van der Waals surface area contributed by atoms with Gasteiger partial charge in [-0.2, -0.15) is 0 Å². The van der Waals surface area contributed by atoms with Crippen molar-refractivity contribution in [2.45, 2.75) is 51.6 Å². The summed E-state index contributed by atoms with van der Waals surface area (Å²) in [6.45, 7) is 5.32. The monoisotopic (exact) mass is 272 g/mol. The Morgan fingerprint density at radius 2 is 2.15 bits per heavy atom. The molecule has 1 aliphatic carbocycles. The number of hydrogen-bond acceptors (Lipinski definition) is 2. The van der Waals surface area contributed by atoms with Crippen molar-refractivity contribution in [1.82, 2.24) is 10.6 Å². The number of nitrogens with one attached hydrogen (secondary N) is 2. The van der Waals surface area contributed by atoms with Crippen molar-refractivity contribution in [2.75, 3.05) is 6.54 Å². The van der Waals surface area contributed by atoms with Gasteiger partial charge in [0.15, 0.2) is 0 Å². The lowest BCUT2D eigenvalue weighted by molar-refractivity contribution is -0.127. The van der Waals surface area contributed by atoms with Crippen LogP contribution in [0.3, 0.4) is 0 Å². The van der Waals surface area contributed by atoms with Gasteiger partial charge in [-0.1, -0.05) is 38.1 Å². The van der Waals surface area contributed by atoms with Gasteiger partial charge >= 0.3 is 0 Å². The van der Waals surface area contributed by atoms with E-state index in [1.807, 2.05) is 0 Å². The first-order valence-electron chi connectivity index (χ1n) is 7.69. The van der Waals surface area contributed by atoms with E-state index in [1.165, 1.54) is 11.1 Å². The van der Waals surface area contributed by atoms with Crippen LogP contribution in [-0.4, -0.2) is 18.5 Å². The van der Waals surface area contributed by atoms with Gasteiger partial charge in [-0.25, -0.2) is 0 Å². The van der Waals surface area contributed by atoms with E-state index in [2.05, 4.69) is 48.7 Å². The van der Waals surface area contributed by atoms with Crippen LogP contribution in [0.1, 0.15) is 50.3 Å². The molecule has 1 aromatic rings. The lowest BCUT2D eigenvalue weighted by atomic mass is 9.77. The zero-order valence-corrected chi connectivity index (χ0v) is 12.4. The second-order valence-corrected chi connectivity index (χ2v) is 6.78. The van der Waals surface area contributed by atoms with E-state index in [4.69, 9.17) is 0 Å². The zero-order valence-electron chi connectivity index (χ0n) is 12.4. The molecular formula is C17H24N2O. The molecule has 3 nitrogen and oxygen atoms in total. The normalized spacial score (nSPS) is 27.9. The van der Waals surface area contributed by atoms with Gasteiger partial charge in [0.1, 0.15) is 0 Å². The van der Waals surface area contributed by atoms with E-state index >= 15 is 0 Å². The number of amides is 1. The fraction of sp³-hybridized carbons (Fsp3) is 0.588. The quantitative estimate of drug-likeness (QED) is 0.869. The second-order valence-electron chi connectivity index (χ2n) is 6.78. The van der Waals surface area contributed by atoms with E-state index in [9.17, 15) is 4.79 Å². The van der Waals surface area contributed by atoms with Gasteiger partial charge in [0.25, 0.3) is 0 Å². The van der Waals surface area contributed by atoms with Crippen LogP contribution < -0.4 is 10.6 Å². The topological polar surface area (TPSA) is 41.1 Å². The predicted molar refractivity (Wildman–Crippen MR) is 80.5 cm³/mol. The summed E-state index contributed by atoms with van der Waals surface area (Å²) in [7, 11) is 0. The van der Waals surface area contributed by atoms with Gasteiger partial charge in [-0.15, -0.1) is 0 Å². The van der Waals surface area contributed by atoms with E-state index < -0.39 is 0 Å². The average molecular weight is 272 g/mol. The lowest BCUT2D eigenvalue weighted by Gasteiger charge is -2.38. The summed E-state index contributed by atoms with van der Waals surface area (Å²) in [6.07, 6.45) is 4.36. The van der Waals surface area contributed by atoms with Gasteiger partial charge in [-0.3, -0.25) is 4.79 Å². The van der Waals surface area contributed by atoms with Crippen LogP contribution in [0.4, 0.5) is 0 Å². The van der Waals surface area contributed by atoms with Crippen molar-refractivity contribution in [3.05, 3.63) is 35.4 Å². The smallest absolute Gasteiger partial charge is 0.238 e. The van der Waals surface area contributed by atoms with E-state index in [0.717, 1.165) is 32.2 Å². The van der Waals surface area contributed by atoms with E-state index in [0.29, 0.717) is 0 Å². The number of carbonyl (C=O) groups excluding carboxylic acids is 1. The highest BCUT2D eigenvalue weighted by molar-refractivity contribution is 5.83. The number of carbonyl (C=O) groups is 1. The van der Waals surface area contributed by atoms with E-state index in [1.54, 1.807) is 0 Å². The Morgan fingerprint density at radius 3 is 2.95 bits per heavy atom. The molecule has 2 aliphatic rings. The maximum Gasteiger partial charge on any atom is 0.238 e. The molecule has 0 radical (unpaired) electrons. The number of rotatable bonds is 2. The van der Waals surface area contributed by atoms with Crippen molar-refractivity contribution >= 4 is 5.91 Å². The lowest BCUT2D eigenvalue weighted by Crippen LogP contribution is -2.55. The molecule has 0 saturated carbocycles.